The number of halogens is 1. The quantitative estimate of drug-likeness (QED) is 0.625. The predicted molar refractivity (Wildman–Crippen MR) is 84.5 cm³/mol. The van der Waals surface area contributed by atoms with E-state index < -0.39 is 10.7 Å². The van der Waals surface area contributed by atoms with Gasteiger partial charge >= 0.3 is 0 Å². The lowest BCUT2D eigenvalue weighted by atomic mass is 10.2. The van der Waals surface area contributed by atoms with Gasteiger partial charge in [-0.1, -0.05) is 0 Å². The van der Waals surface area contributed by atoms with Crippen LogP contribution in [0.3, 0.4) is 0 Å². The van der Waals surface area contributed by atoms with E-state index in [2.05, 4.69) is 20.6 Å². The number of nitrogens with zero attached hydrogens (tertiary/aromatic N) is 3. The zero-order valence-electron chi connectivity index (χ0n) is 12.5. The Morgan fingerprint density at radius 3 is 2.78 bits per heavy atom. The fourth-order valence-corrected chi connectivity index (χ4v) is 2.25. The summed E-state index contributed by atoms with van der Waals surface area (Å²) in [5.41, 5.74) is 0.768. The lowest BCUT2D eigenvalue weighted by Gasteiger charge is -2.10. The number of aromatic nitrogens is 2. The van der Waals surface area contributed by atoms with Gasteiger partial charge < -0.3 is 10.6 Å². The highest BCUT2D eigenvalue weighted by molar-refractivity contribution is 5.68. The number of hydrogen-bond acceptors (Lipinski definition) is 6. The first-order chi connectivity index (χ1) is 11.1. The van der Waals surface area contributed by atoms with Crippen molar-refractivity contribution in [1.82, 2.24) is 9.97 Å². The van der Waals surface area contributed by atoms with E-state index in [1.165, 1.54) is 12.1 Å². The van der Waals surface area contributed by atoms with E-state index in [9.17, 15) is 14.5 Å². The van der Waals surface area contributed by atoms with Crippen LogP contribution in [0.15, 0.2) is 24.3 Å². The third-order valence-electron chi connectivity index (χ3n) is 3.50. The van der Waals surface area contributed by atoms with Gasteiger partial charge in [0.05, 0.1) is 16.7 Å². The molecule has 0 spiro atoms. The van der Waals surface area contributed by atoms with Crippen LogP contribution < -0.4 is 10.6 Å². The van der Waals surface area contributed by atoms with Gasteiger partial charge in [-0.2, -0.15) is 4.98 Å². The molecule has 1 aromatic heterocycles. The van der Waals surface area contributed by atoms with Crippen LogP contribution in [0.2, 0.25) is 0 Å². The second kappa shape index (κ2) is 6.15. The zero-order chi connectivity index (χ0) is 16.4. The van der Waals surface area contributed by atoms with E-state index in [1.807, 2.05) is 6.92 Å². The normalized spacial score (nSPS) is 13.7. The van der Waals surface area contributed by atoms with E-state index in [0.29, 0.717) is 24.2 Å². The molecule has 0 amide bonds. The molecule has 1 heterocycles. The number of nitro benzene ring substituents is 1. The standard InChI is InChI=1S/C15H16FN5O2/c1-2-17-15-19-12(9-3-4-9)8-14(20-15)18-11-6-5-10(16)7-13(11)21(22)23/h5-9H,2-4H2,1H3,(H2,17,18,19,20). The molecule has 1 aromatic carbocycles. The molecule has 0 radical (unpaired) electrons. The van der Waals surface area contributed by atoms with Crippen LogP contribution in [-0.4, -0.2) is 21.4 Å². The summed E-state index contributed by atoms with van der Waals surface area (Å²) in [6.45, 7) is 2.61. The Morgan fingerprint density at radius 1 is 1.35 bits per heavy atom. The number of nitrogens with one attached hydrogen (secondary N) is 2. The van der Waals surface area contributed by atoms with Gasteiger partial charge in [0.25, 0.3) is 5.69 Å². The van der Waals surface area contributed by atoms with Gasteiger partial charge in [-0.3, -0.25) is 10.1 Å². The Bertz CT molecular complexity index is 749. The Kier molecular flexibility index (Phi) is 4.05. The maximum Gasteiger partial charge on any atom is 0.295 e. The Labute approximate surface area is 132 Å². The molecule has 0 unspecified atom stereocenters. The Balaban J connectivity index is 1.94. The fourth-order valence-electron chi connectivity index (χ4n) is 2.25. The average Bonchev–Trinajstić information content (AvgIpc) is 3.34. The smallest absolute Gasteiger partial charge is 0.295 e. The van der Waals surface area contributed by atoms with Crippen molar-refractivity contribution in [3.63, 3.8) is 0 Å². The largest absolute Gasteiger partial charge is 0.354 e. The van der Waals surface area contributed by atoms with Gasteiger partial charge in [0, 0.05) is 18.5 Å². The van der Waals surface area contributed by atoms with Crippen molar-refractivity contribution in [2.24, 2.45) is 0 Å². The number of rotatable bonds is 6. The summed E-state index contributed by atoms with van der Waals surface area (Å²) in [4.78, 5) is 19.2. The fraction of sp³-hybridized carbons (Fsp3) is 0.333. The predicted octanol–water partition coefficient (Wildman–Crippen LogP) is 3.58. The zero-order valence-corrected chi connectivity index (χ0v) is 12.5. The molecule has 2 aromatic rings. The van der Waals surface area contributed by atoms with E-state index in [1.54, 1.807) is 6.07 Å². The van der Waals surface area contributed by atoms with Gasteiger partial charge in [0.1, 0.15) is 17.3 Å². The van der Waals surface area contributed by atoms with Crippen LogP contribution >= 0.6 is 0 Å². The van der Waals surface area contributed by atoms with Gasteiger partial charge in [-0.15, -0.1) is 0 Å². The molecular formula is C15H16FN5O2. The highest BCUT2D eigenvalue weighted by Crippen LogP contribution is 2.40. The van der Waals surface area contributed by atoms with Crippen molar-refractivity contribution in [3.8, 4) is 0 Å². The highest BCUT2D eigenvalue weighted by atomic mass is 19.1. The minimum absolute atomic E-state index is 0.194. The lowest BCUT2D eigenvalue weighted by Crippen LogP contribution is -2.07. The third-order valence-corrected chi connectivity index (χ3v) is 3.50. The van der Waals surface area contributed by atoms with Crippen molar-refractivity contribution in [1.29, 1.82) is 0 Å². The van der Waals surface area contributed by atoms with Crippen LogP contribution in [0.4, 0.5) is 27.5 Å². The second-order valence-electron chi connectivity index (χ2n) is 5.35. The van der Waals surface area contributed by atoms with Gasteiger partial charge in [-0.25, -0.2) is 9.37 Å². The monoisotopic (exact) mass is 317 g/mol. The molecule has 23 heavy (non-hydrogen) atoms. The van der Waals surface area contributed by atoms with Crippen molar-refractivity contribution in [3.05, 3.63) is 45.9 Å². The topological polar surface area (TPSA) is 93.0 Å². The number of benzene rings is 1. The number of hydrogen-bond donors (Lipinski definition) is 2. The lowest BCUT2D eigenvalue weighted by molar-refractivity contribution is -0.384. The highest BCUT2D eigenvalue weighted by Gasteiger charge is 2.26. The minimum atomic E-state index is -0.656. The second-order valence-corrected chi connectivity index (χ2v) is 5.35. The maximum atomic E-state index is 13.2. The maximum absolute atomic E-state index is 13.2. The molecule has 1 saturated carbocycles. The molecule has 1 fully saturated rings. The molecule has 0 saturated heterocycles. The van der Waals surface area contributed by atoms with Gasteiger partial charge in [0.2, 0.25) is 5.95 Å². The van der Waals surface area contributed by atoms with Gasteiger partial charge in [0.15, 0.2) is 0 Å². The molecule has 3 rings (SSSR count). The van der Waals surface area contributed by atoms with Crippen LogP contribution in [0.25, 0.3) is 0 Å². The van der Waals surface area contributed by atoms with Crippen LogP contribution in [0, 0.1) is 15.9 Å². The summed E-state index contributed by atoms with van der Waals surface area (Å²) < 4.78 is 13.2. The van der Waals surface area contributed by atoms with Crippen molar-refractivity contribution < 1.29 is 9.31 Å². The first-order valence-electron chi connectivity index (χ1n) is 7.40. The molecule has 2 N–H and O–H groups in total. The first-order valence-corrected chi connectivity index (χ1v) is 7.40. The molecule has 0 aliphatic heterocycles. The number of anilines is 3. The average molecular weight is 317 g/mol. The van der Waals surface area contributed by atoms with Gasteiger partial charge in [-0.05, 0) is 31.9 Å². The third kappa shape index (κ3) is 3.53. The summed E-state index contributed by atoms with van der Waals surface area (Å²) in [6, 6.07) is 5.17. The minimum Gasteiger partial charge on any atom is -0.354 e. The summed E-state index contributed by atoms with van der Waals surface area (Å²) >= 11 is 0. The molecule has 8 heteroatoms. The molecule has 120 valence electrons. The number of nitro groups is 1. The van der Waals surface area contributed by atoms with Crippen molar-refractivity contribution >= 4 is 23.1 Å². The Morgan fingerprint density at radius 2 is 2.13 bits per heavy atom. The molecule has 0 bridgehead atoms. The molecule has 7 nitrogen and oxygen atoms in total. The molecule has 0 atom stereocenters. The van der Waals surface area contributed by atoms with E-state index in [0.717, 1.165) is 24.6 Å². The Hall–Kier alpha value is -2.77. The van der Waals surface area contributed by atoms with Crippen LogP contribution in [0.1, 0.15) is 31.4 Å². The SMILES string of the molecule is CCNc1nc(Nc2ccc(F)cc2[N+](=O)[O-])cc(C2CC2)n1. The van der Waals surface area contributed by atoms with Crippen molar-refractivity contribution in [2.45, 2.75) is 25.7 Å². The summed E-state index contributed by atoms with van der Waals surface area (Å²) in [7, 11) is 0. The summed E-state index contributed by atoms with van der Waals surface area (Å²) in [5, 5.41) is 17.0. The summed E-state index contributed by atoms with van der Waals surface area (Å²) in [5.74, 6) is 0.688. The van der Waals surface area contributed by atoms with Crippen molar-refractivity contribution in [2.75, 3.05) is 17.2 Å². The van der Waals surface area contributed by atoms with E-state index in [-0.39, 0.29) is 11.4 Å². The van der Waals surface area contributed by atoms with E-state index >= 15 is 0 Å². The molecule has 1 aliphatic rings. The van der Waals surface area contributed by atoms with Crippen LogP contribution in [0.5, 0.6) is 0 Å². The molecular weight excluding hydrogens is 301 g/mol. The van der Waals surface area contributed by atoms with E-state index in [4.69, 9.17) is 0 Å². The van der Waals surface area contributed by atoms with Crippen LogP contribution in [-0.2, 0) is 0 Å². The summed E-state index contributed by atoms with van der Waals surface area (Å²) in [6.07, 6.45) is 2.16. The molecule has 1 aliphatic carbocycles. The first kappa shape index (κ1) is 15.1.